The number of nitrogens with zero attached hydrogens (tertiary/aromatic N) is 1. The van der Waals surface area contributed by atoms with Gasteiger partial charge in [0, 0.05) is 18.7 Å². The van der Waals surface area contributed by atoms with Gasteiger partial charge in [0.2, 0.25) is 10.0 Å². The lowest BCUT2D eigenvalue weighted by Crippen LogP contribution is -2.36. The lowest BCUT2D eigenvalue weighted by molar-refractivity contribution is 0.337. The van der Waals surface area contributed by atoms with Crippen molar-refractivity contribution in [1.82, 2.24) is 4.31 Å². The number of benzene rings is 1. The molecule has 116 valence electrons. The first kappa shape index (κ1) is 17.7. The molecule has 0 bridgehead atoms. The molecule has 21 heavy (non-hydrogen) atoms. The van der Waals surface area contributed by atoms with Gasteiger partial charge < -0.3 is 5.11 Å². The average Bonchev–Trinajstić information content (AvgIpc) is 2.43. The summed E-state index contributed by atoms with van der Waals surface area (Å²) in [5, 5.41) is 8.78. The van der Waals surface area contributed by atoms with Crippen LogP contribution >= 0.6 is 0 Å². The van der Waals surface area contributed by atoms with E-state index in [1.807, 2.05) is 6.92 Å². The van der Waals surface area contributed by atoms with Crippen molar-refractivity contribution >= 4 is 10.0 Å². The Morgan fingerprint density at radius 2 is 1.86 bits per heavy atom. The van der Waals surface area contributed by atoms with Gasteiger partial charge in [0.05, 0.1) is 4.90 Å². The molecule has 0 aliphatic heterocycles. The SMILES string of the molecule is CC(C)CC(C)N(C)S(=O)(=O)c1ccccc1C#CCO. The van der Waals surface area contributed by atoms with E-state index < -0.39 is 10.0 Å². The highest BCUT2D eigenvalue weighted by atomic mass is 32.2. The summed E-state index contributed by atoms with van der Waals surface area (Å²) >= 11 is 0. The minimum absolute atomic E-state index is 0.0890. The lowest BCUT2D eigenvalue weighted by Gasteiger charge is -2.26. The molecule has 0 spiro atoms. The van der Waals surface area contributed by atoms with Crippen LogP contribution in [0.25, 0.3) is 0 Å². The van der Waals surface area contributed by atoms with Crippen molar-refractivity contribution in [2.24, 2.45) is 5.92 Å². The van der Waals surface area contributed by atoms with E-state index in [0.717, 1.165) is 6.42 Å². The standard InChI is InChI=1S/C16H23NO3S/c1-13(2)12-14(3)17(4)21(19,20)16-10-6-5-8-15(16)9-7-11-18/h5-6,8,10,13-14,18H,11-12H2,1-4H3. The first-order valence-corrected chi connectivity index (χ1v) is 8.41. The molecule has 5 heteroatoms. The quantitative estimate of drug-likeness (QED) is 0.847. The van der Waals surface area contributed by atoms with Crippen LogP contribution in [0.4, 0.5) is 0 Å². The lowest BCUT2D eigenvalue weighted by atomic mass is 10.1. The molecule has 1 rings (SSSR count). The summed E-state index contributed by atoms with van der Waals surface area (Å²) in [5.41, 5.74) is 0.412. The average molecular weight is 309 g/mol. The molecule has 0 aliphatic carbocycles. The first-order chi connectivity index (χ1) is 9.80. The van der Waals surface area contributed by atoms with E-state index in [2.05, 4.69) is 25.7 Å². The van der Waals surface area contributed by atoms with Crippen molar-refractivity contribution in [3.05, 3.63) is 29.8 Å². The molecule has 0 heterocycles. The number of aliphatic hydroxyl groups is 1. The fourth-order valence-corrected chi connectivity index (χ4v) is 3.67. The van der Waals surface area contributed by atoms with Crippen molar-refractivity contribution in [2.45, 2.75) is 38.1 Å². The highest BCUT2D eigenvalue weighted by molar-refractivity contribution is 7.89. The Balaban J connectivity index is 3.19. The normalized spacial score (nSPS) is 13.1. The topological polar surface area (TPSA) is 57.6 Å². The molecule has 1 aromatic rings. The highest BCUT2D eigenvalue weighted by Crippen LogP contribution is 2.22. The largest absolute Gasteiger partial charge is 0.384 e. The summed E-state index contributed by atoms with van der Waals surface area (Å²) in [6.07, 6.45) is 0.792. The number of hydrogen-bond donors (Lipinski definition) is 1. The van der Waals surface area contributed by atoms with E-state index in [1.54, 1.807) is 31.3 Å². The van der Waals surface area contributed by atoms with Crippen LogP contribution in [-0.4, -0.2) is 37.5 Å². The summed E-state index contributed by atoms with van der Waals surface area (Å²) < 4.78 is 26.9. The smallest absolute Gasteiger partial charge is 0.244 e. The van der Waals surface area contributed by atoms with Crippen molar-refractivity contribution in [1.29, 1.82) is 0 Å². The van der Waals surface area contributed by atoms with Crippen LogP contribution in [-0.2, 0) is 10.0 Å². The van der Waals surface area contributed by atoms with Gasteiger partial charge in [0.25, 0.3) is 0 Å². The van der Waals surface area contributed by atoms with E-state index in [0.29, 0.717) is 11.5 Å². The molecule has 0 amide bonds. The van der Waals surface area contributed by atoms with Crippen molar-refractivity contribution in [3.8, 4) is 11.8 Å². The Morgan fingerprint density at radius 1 is 1.24 bits per heavy atom. The van der Waals surface area contributed by atoms with Crippen LogP contribution in [0.3, 0.4) is 0 Å². The molecule has 1 aromatic carbocycles. The predicted molar refractivity (Wildman–Crippen MR) is 84.3 cm³/mol. The molecule has 1 atom stereocenters. The van der Waals surface area contributed by atoms with Crippen LogP contribution in [0.2, 0.25) is 0 Å². The Labute approximate surface area is 127 Å². The zero-order chi connectivity index (χ0) is 16.0. The van der Waals surface area contributed by atoms with Crippen LogP contribution in [0.1, 0.15) is 32.8 Å². The second kappa shape index (κ2) is 7.60. The third-order valence-electron chi connectivity index (χ3n) is 3.28. The van der Waals surface area contributed by atoms with E-state index >= 15 is 0 Å². The second-order valence-corrected chi connectivity index (χ2v) is 7.42. The maximum atomic E-state index is 12.7. The number of sulfonamides is 1. The molecule has 0 aliphatic rings. The van der Waals surface area contributed by atoms with Gasteiger partial charge in [-0.25, -0.2) is 8.42 Å². The monoisotopic (exact) mass is 309 g/mol. The van der Waals surface area contributed by atoms with Crippen LogP contribution in [0, 0.1) is 17.8 Å². The van der Waals surface area contributed by atoms with Gasteiger partial charge in [-0.2, -0.15) is 4.31 Å². The zero-order valence-electron chi connectivity index (χ0n) is 13.0. The third-order valence-corrected chi connectivity index (χ3v) is 5.31. The molecule has 1 N–H and O–H groups in total. The Kier molecular flexibility index (Phi) is 6.41. The summed E-state index contributed by atoms with van der Waals surface area (Å²) in [4.78, 5) is 0.184. The molecule has 0 saturated carbocycles. The third kappa shape index (κ3) is 4.57. The minimum atomic E-state index is -3.60. The van der Waals surface area contributed by atoms with Crippen molar-refractivity contribution in [3.63, 3.8) is 0 Å². The van der Waals surface area contributed by atoms with Crippen LogP contribution < -0.4 is 0 Å². The van der Waals surface area contributed by atoms with Crippen LogP contribution in [0.5, 0.6) is 0 Å². The molecular weight excluding hydrogens is 286 g/mol. The molecule has 0 radical (unpaired) electrons. The summed E-state index contributed by atoms with van der Waals surface area (Å²) in [6.45, 7) is 5.74. The van der Waals surface area contributed by atoms with Gasteiger partial charge in [0.15, 0.2) is 0 Å². The van der Waals surface area contributed by atoms with Gasteiger partial charge in [-0.1, -0.05) is 37.8 Å². The molecule has 4 nitrogen and oxygen atoms in total. The molecule has 0 fully saturated rings. The fourth-order valence-electron chi connectivity index (χ4n) is 2.15. The summed E-state index contributed by atoms with van der Waals surface area (Å²) in [5.74, 6) is 5.62. The van der Waals surface area contributed by atoms with E-state index in [-0.39, 0.29) is 17.5 Å². The van der Waals surface area contributed by atoms with E-state index in [9.17, 15) is 8.42 Å². The number of rotatable bonds is 5. The predicted octanol–water partition coefficient (Wildman–Crippen LogP) is 2.09. The van der Waals surface area contributed by atoms with Gasteiger partial charge in [-0.15, -0.1) is 0 Å². The van der Waals surface area contributed by atoms with Crippen molar-refractivity contribution < 1.29 is 13.5 Å². The van der Waals surface area contributed by atoms with Crippen LogP contribution in [0.15, 0.2) is 29.2 Å². The second-order valence-electron chi connectivity index (χ2n) is 5.46. The fraction of sp³-hybridized carbons (Fsp3) is 0.500. The summed E-state index contributed by atoms with van der Waals surface area (Å²) in [7, 11) is -2.00. The molecule has 0 aromatic heterocycles. The molecule has 0 saturated heterocycles. The maximum Gasteiger partial charge on any atom is 0.244 e. The van der Waals surface area contributed by atoms with E-state index in [4.69, 9.17) is 5.11 Å². The maximum absolute atomic E-state index is 12.7. The minimum Gasteiger partial charge on any atom is -0.384 e. The Bertz CT molecular complexity index is 626. The number of hydrogen-bond acceptors (Lipinski definition) is 3. The van der Waals surface area contributed by atoms with Gasteiger partial charge in [-0.3, -0.25) is 0 Å². The Hall–Kier alpha value is -1.35. The Morgan fingerprint density at radius 3 is 2.43 bits per heavy atom. The summed E-state index contributed by atoms with van der Waals surface area (Å²) in [6, 6.07) is 6.52. The molecule has 1 unspecified atom stereocenters. The number of aliphatic hydroxyl groups excluding tert-OH is 1. The molecular formula is C16H23NO3S. The van der Waals surface area contributed by atoms with Crippen molar-refractivity contribution in [2.75, 3.05) is 13.7 Å². The van der Waals surface area contributed by atoms with Gasteiger partial charge in [0.1, 0.15) is 6.61 Å². The van der Waals surface area contributed by atoms with E-state index in [1.165, 1.54) is 4.31 Å². The highest BCUT2D eigenvalue weighted by Gasteiger charge is 2.27. The first-order valence-electron chi connectivity index (χ1n) is 6.97. The van der Waals surface area contributed by atoms with Gasteiger partial charge >= 0.3 is 0 Å². The zero-order valence-corrected chi connectivity index (χ0v) is 13.8. The van der Waals surface area contributed by atoms with Gasteiger partial charge in [-0.05, 0) is 31.4 Å².